The first-order valence-corrected chi connectivity index (χ1v) is 8.95. The third-order valence-electron chi connectivity index (χ3n) is 4.38. The molecule has 0 unspecified atom stereocenters. The first kappa shape index (κ1) is 16.1. The van der Waals surface area contributed by atoms with Crippen molar-refractivity contribution in [1.82, 2.24) is 14.8 Å². The van der Waals surface area contributed by atoms with Crippen molar-refractivity contribution in [2.75, 3.05) is 26.2 Å². The highest BCUT2D eigenvalue weighted by Gasteiger charge is 2.21. The molecule has 1 aromatic carbocycles. The van der Waals surface area contributed by atoms with E-state index in [0.717, 1.165) is 49.0 Å². The topological polar surface area (TPSA) is 36.4 Å². The highest BCUT2D eigenvalue weighted by Crippen LogP contribution is 2.14. The van der Waals surface area contributed by atoms with Gasteiger partial charge in [0.05, 0.1) is 17.1 Å². The molecule has 1 aliphatic heterocycles. The quantitative estimate of drug-likeness (QED) is 0.865. The lowest BCUT2D eigenvalue weighted by molar-refractivity contribution is -0.132. The van der Waals surface area contributed by atoms with Crippen LogP contribution in [0.25, 0.3) is 0 Å². The maximum atomic E-state index is 12.5. The third-order valence-corrected chi connectivity index (χ3v) is 5.20. The van der Waals surface area contributed by atoms with Gasteiger partial charge < -0.3 is 4.90 Å². The Morgan fingerprint density at radius 1 is 1.17 bits per heavy atom. The van der Waals surface area contributed by atoms with Crippen molar-refractivity contribution in [3.05, 3.63) is 51.5 Å². The van der Waals surface area contributed by atoms with Gasteiger partial charge in [0.1, 0.15) is 0 Å². The van der Waals surface area contributed by atoms with Crippen LogP contribution in [-0.4, -0.2) is 46.9 Å². The SMILES string of the molecule is Cc1nc(CN2CCN(C(=O)Cc3ccccc3C)CC2)cs1. The molecule has 23 heavy (non-hydrogen) atoms. The van der Waals surface area contributed by atoms with Gasteiger partial charge in [-0.3, -0.25) is 9.69 Å². The molecule has 5 heteroatoms. The maximum absolute atomic E-state index is 12.5. The van der Waals surface area contributed by atoms with E-state index in [1.165, 1.54) is 5.56 Å². The predicted molar refractivity (Wildman–Crippen MR) is 93.6 cm³/mol. The minimum Gasteiger partial charge on any atom is -0.340 e. The summed E-state index contributed by atoms with van der Waals surface area (Å²) >= 11 is 1.70. The van der Waals surface area contributed by atoms with E-state index >= 15 is 0 Å². The van der Waals surface area contributed by atoms with Crippen LogP contribution in [0.1, 0.15) is 21.8 Å². The number of aryl methyl sites for hydroxylation is 2. The third kappa shape index (κ3) is 4.18. The molecule has 0 radical (unpaired) electrons. The van der Waals surface area contributed by atoms with E-state index in [2.05, 4.69) is 28.3 Å². The van der Waals surface area contributed by atoms with Gasteiger partial charge in [-0.1, -0.05) is 24.3 Å². The number of thiazole rings is 1. The number of amides is 1. The normalized spacial score (nSPS) is 15.8. The molecule has 0 atom stereocenters. The van der Waals surface area contributed by atoms with E-state index in [1.54, 1.807) is 11.3 Å². The molecule has 1 aromatic heterocycles. The minimum absolute atomic E-state index is 0.239. The molecule has 0 saturated carbocycles. The Labute approximate surface area is 141 Å². The van der Waals surface area contributed by atoms with Crippen LogP contribution in [0.5, 0.6) is 0 Å². The zero-order chi connectivity index (χ0) is 16.2. The second-order valence-electron chi connectivity index (χ2n) is 6.12. The summed E-state index contributed by atoms with van der Waals surface area (Å²) in [6, 6.07) is 8.14. The van der Waals surface area contributed by atoms with Crippen LogP contribution in [0.15, 0.2) is 29.6 Å². The smallest absolute Gasteiger partial charge is 0.227 e. The number of aromatic nitrogens is 1. The average molecular weight is 329 g/mol. The molecule has 4 nitrogen and oxygen atoms in total. The Kier molecular flexibility index (Phi) is 5.08. The van der Waals surface area contributed by atoms with Crippen molar-refractivity contribution in [1.29, 1.82) is 0 Å². The van der Waals surface area contributed by atoms with Gasteiger partial charge in [0.15, 0.2) is 0 Å². The standard InChI is InChI=1S/C18H23N3OS/c1-14-5-3-4-6-16(14)11-18(22)21-9-7-20(8-10-21)12-17-13-23-15(2)19-17/h3-6,13H,7-12H2,1-2H3. The van der Waals surface area contributed by atoms with Crippen LogP contribution >= 0.6 is 11.3 Å². The van der Waals surface area contributed by atoms with E-state index in [4.69, 9.17) is 0 Å². The molecule has 0 N–H and O–H groups in total. The number of carbonyl (C=O) groups is 1. The Morgan fingerprint density at radius 3 is 2.57 bits per heavy atom. The number of benzene rings is 1. The fourth-order valence-electron chi connectivity index (χ4n) is 2.95. The molecule has 3 rings (SSSR count). The van der Waals surface area contributed by atoms with Gasteiger partial charge >= 0.3 is 0 Å². The minimum atomic E-state index is 0.239. The summed E-state index contributed by atoms with van der Waals surface area (Å²) in [5.74, 6) is 0.239. The molecule has 0 aliphatic carbocycles. The van der Waals surface area contributed by atoms with Crippen LogP contribution in [0.2, 0.25) is 0 Å². The van der Waals surface area contributed by atoms with Crippen molar-refractivity contribution in [2.45, 2.75) is 26.8 Å². The molecule has 1 aliphatic rings. The second kappa shape index (κ2) is 7.23. The highest BCUT2D eigenvalue weighted by atomic mass is 32.1. The largest absolute Gasteiger partial charge is 0.340 e. The summed E-state index contributed by atoms with van der Waals surface area (Å²) in [7, 11) is 0. The Hall–Kier alpha value is -1.72. The van der Waals surface area contributed by atoms with E-state index in [1.807, 2.05) is 30.0 Å². The van der Waals surface area contributed by atoms with Gasteiger partial charge in [-0.05, 0) is 25.0 Å². The number of hydrogen-bond donors (Lipinski definition) is 0. The van der Waals surface area contributed by atoms with Crippen molar-refractivity contribution >= 4 is 17.2 Å². The lowest BCUT2D eigenvalue weighted by Gasteiger charge is -2.34. The molecule has 2 heterocycles. The van der Waals surface area contributed by atoms with Crippen LogP contribution in [0, 0.1) is 13.8 Å². The highest BCUT2D eigenvalue weighted by molar-refractivity contribution is 7.09. The van der Waals surface area contributed by atoms with Crippen LogP contribution in [-0.2, 0) is 17.8 Å². The lowest BCUT2D eigenvalue weighted by atomic mass is 10.1. The fourth-order valence-corrected chi connectivity index (χ4v) is 3.55. The van der Waals surface area contributed by atoms with Gasteiger partial charge in [-0.2, -0.15) is 0 Å². The zero-order valence-corrected chi connectivity index (χ0v) is 14.6. The lowest BCUT2D eigenvalue weighted by Crippen LogP contribution is -2.48. The molecule has 0 bridgehead atoms. The number of carbonyl (C=O) groups excluding carboxylic acids is 1. The average Bonchev–Trinajstić information content (AvgIpc) is 2.95. The summed E-state index contributed by atoms with van der Waals surface area (Å²) in [4.78, 5) is 21.4. The van der Waals surface area contributed by atoms with Gasteiger partial charge in [-0.15, -0.1) is 11.3 Å². The second-order valence-corrected chi connectivity index (χ2v) is 7.18. The number of rotatable bonds is 4. The number of hydrogen-bond acceptors (Lipinski definition) is 4. The predicted octanol–water partition coefficient (Wildman–Crippen LogP) is 2.65. The van der Waals surface area contributed by atoms with E-state index in [9.17, 15) is 4.79 Å². The van der Waals surface area contributed by atoms with Gasteiger partial charge in [0.25, 0.3) is 0 Å². The van der Waals surface area contributed by atoms with Crippen molar-refractivity contribution in [3.63, 3.8) is 0 Å². The van der Waals surface area contributed by atoms with Crippen LogP contribution < -0.4 is 0 Å². The molecular weight excluding hydrogens is 306 g/mol. The Morgan fingerprint density at radius 2 is 1.91 bits per heavy atom. The van der Waals surface area contributed by atoms with E-state index in [0.29, 0.717) is 6.42 Å². The summed E-state index contributed by atoms with van der Waals surface area (Å²) < 4.78 is 0. The summed E-state index contributed by atoms with van der Waals surface area (Å²) in [6.45, 7) is 8.48. The van der Waals surface area contributed by atoms with E-state index in [-0.39, 0.29) is 5.91 Å². The molecule has 0 spiro atoms. The Balaban J connectivity index is 1.50. The Bertz CT molecular complexity index is 674. The maximum Gasteiger partial charge on any atom is 0.227 e. The molecular formula is C18H23N3OS. The monoisotopic (exact) mass is 329 g/mol. The van der Waals surface area contributed by atoms with Gasteiger partial charge in [0, 0.05) is 38.1 Å². The first-order chi connectivity index (χ1) is 11.1. The van der Waals surface area contributed by atoms with E-state index < -0.39 is 0 Å². The molecule has 1 fully saturated rings. The summed E-state index contributed by atoms with van der Waals surface area (Å²) in [5, 5.41) is 3.25. The van der Waals surface area contributed by atoms with Gasteiger partial charge in [-0.25, -0.2) is 4.98 Å². The summed E-state index contributed by atoms with van der Waals surface area (Å²) in [6.07, 6.45) is 0.512. The fraction of sp³-hybridized carbons (Fsp3) is 0.444. The molecule has 1 amide bonds. The summed E-state index contributed by atoms with van der Waals surface area (Å²) in [5.41, 5.74) is 3.48. The molecule has 1 saturated heterocycles. The van der Waals surface area contributed by atoms with Crippen molar-refractivity contribution < 1.29 is 4.79 Å². The van der Waals surface area contributed by atoms with Crippen molar-refractivity contribution in [3.8, 4) is 0 Å². The van der Waals surface area contributed by atoms with Crippen molar-refractivity contribution in [2.24, 2.45) is 0 Å². The number of nitrogens with zero attached hydrogens (tertiary/aromatic N) is 3. The van der Waals surface area contributed by atoms with Crippen LogP contribution in [0.4, 0.5) is 0 Å². The van der Waals surface area contributed by atoms with Gasteiger partial charge in [0.2, 0.25) is 5.91 Å². The zero-order valence-electron chi connectivity index (χ0n) is 13.8. The molecule has 122 valence electrons. The van der Waals surface area contributed by atoms with Crippen LogP contribution in [0.3, 0.4) is 0 Å². The first-order valence-electron chi connectivity index (χ1n) is 8.07. The number of piperazine rings is 1. The molecule has 2 aromatic rings.